The van der Waals surface area contributed by atoms with Crippen molar-refractivity contribution < 1.29 is 0 Å². The molecule has 0 radical (unpaired) electrons. The van der Waals surface area contributed by atoms with Gasteiger partial charge in [-0.1, -0.05) is 29.8 Å². The van der Waals surface area contributed by atoms with Crippen LogP contribution in [0.1, 0.15) is 5.56 Å². The first-order valence-corrected chi connectivity index (χ1v) is 4.84. The first kappa shape index (κ1) is 13.3. The second kappa shape index (κ2) is 6.07. The summed E-state index contributed by atoms with van der Waals surface area (Å²) in [5, 5.41) is 11.9. The lowest BCUT2D eigenvalue weighted by Gasteiger charge is -1.98. The number of rotatable bonds is 3. The molecule has 0 saturated heterocycles. The number of hydrazone groups is 1. The van der Waals surface area contributed by atoms with Crippen LogP contribution in [0.15, 0.2) is 35.7 Å². The summed E-state index contributed by atoms with van der Waals surface area (Å²) in [5.41, 5.74) is 3.45. The first-order chi connectivity index (χ1) is 7.77. The molecule has 1 heterocycles. The van der Waals surface area contributed by atoms with Crippen molar-refractivity contribution in [2.45, 2.75) is 0 Å². The average molecular weight is 273 g/mol. The molecule has 2 rings (SSSR count). The zero-order chi connectivity index (χ0) is 11.4. The SMILES string of the molecule is Cl.Nn1cnnc1NN=Cc1ccccc1Cl. The summed E-state index contributed by atoms with van der Waals surface area (Å²) < 4.78 is 1.23. The van der Waals surface area contributed by atoms with E-state index in [-0.39, 0.29) is 12.4 Å². The Morgan fingerprint density at radius 2 is 2.18 bits per heavy atom. The molecule has 3 N–H and O–H groups in total. The Bertz CT molecular complexity index is 510. The normalized spacial score (nSPS) is 10.2. The summed E-state index contributed by atoms with van der Waals surface area (Å²) >= 11 is 5.94. The number of benzene rings is 1. The van der Waals surface area contributed by atoms with Gasteiger partial charge < -0.3 is 5.84 Å². The maximum Gasteiger partial charge on any atom is 0.263 e. The fourth-order valence-corrected chi connectivity index (χ4v) is 1.25. The van der Waals surface area contributed by atoms with Crippen molar-refractivity contribution in [2.75, 3.05) is 11.3 Å². The van der Waals surface area contributed by atoms with Gasteiger partial charge in [0.25, 0.3) is 5.95 Å². The topological polar surface area (TPSA) is 81.1 Å². The van der Waals surface area contributed by atoms with Crippen molar-refractivity contribution in [3.05, 3.63) is 41.2 Å². The van der Waals surface area contributed by atoms with E-state index in [0.717, 1.165) is 5.56 Å². The van der Waals surface area contributed by atoms with Crippen LogP contribution < -0.4 is 11.3 Å². The van der Waals surface area contributed by atoms with Gasteiger partial charge in [0.05, 0.1) is 6.21 Å². The maximum atomic E-state index is 5.94. The summed E-state index contributed by atoms with van der Waals surface area (Å²) in [4.78, 5) is 0. The van der Waals surface area contributed by atoms with E-state index in [1.165, 1.54) is 11.0 Å². The van der Waals surface area contributed by atoms with Crippen LogP contribution in [0.4, 0.5) is 5.95 Å². The lowest BCUT2D eigenvalue weighted by atomic mass is 10.2. The smallest absolute Gasteiger partial charge is 0.263 e. The molecule has 1 aromatic carbocycles. The average Bonchev–Trinajstić information content (AvgIpc) is 2.67. The van der Waals surface area contributed by atoms with Gasteiger partial charge in [0, 0.05) is 10.6 Å². The highest BCUT2D eigenvalue weighted by Gasteiger charge is 1.97. The van der Waals surface area contributed by atoms with E-state index in [9.17, 15) is 0 Å². The van der Waals surface area contributed by atoms with Crippen LogP contribution in [0.3, 0.4) is 0 Å². The highest BCUT2D eigenvalue weighted by molar-refractivity contribution is 6.33. The lowest BCUT2D eigenvalue weighted by Crippen LogP contribution is -2.10. The minimum absolute atomic E-state index is 0. The molecule has 0 atom stereocenters. The number of nitrogen functional groups attached to an aromatic ring is 1. The van der Waals surface area contributed by atoms with Crippen LogP contribution >= 0.6 is 24.0 Å². The molecular formula is C9H10Cl2N6. The summed E-state index contributed by atoms with van der Waals surface area (Å²) in [5.74, 6) is 5.83. The number of anilines is 1. The Balaban J connectivity index is 0.00000144. The van der Waals surface area contributed by atoms with E-state index >= 15 is 0 Å². The molecule has 6 nitrogen and oxygen atoms in total. The Labute approximate surface area is 109 Å². The molecule has 0 bridgehead atoms. The molecule has 8 heteroatoms. The van der Waals surface area contributed by atoms with Gasteiger partial charge in [-0.15, -0.1) is 22.6 Å². The number of nitrogens with one attached hydrogen (secondary N) is 1. The van der Waals surface area contributed by atoms with Crippen LogP contribution in [-0.4, -0.2) is 21.1 Å². The van der Waals surface area contributed by atoms with Gasteiger partial charge in [0.2, 0.25) is 0 Å². The van der Waals surface area contributed by atoms with Crippen LogP contribution in [-0.2, 0) is 0 Å². The van der Waals surface area contributed by atoms with Crippen molar-refractivity contribution in [2.24, 2.45) is 5.10 Å². The molecule has 0 fully saturated rings. The predicted molar refractivity (Wildman–Crippen MR) is 70.1 cm³/mol. The van der Waals surface area contributed by atoms with Crippen molar-refractivity contribution in [3.63, 3.8) is 0 Å². The number of halogens is 2. The van der Waals surface area contributed by atoms with Gasteiger partial charge in [-0.25, -0.2) is 10.1 Å². The fourth-order valence-electron chi connectivity index (χ4n) is 1.06. The Hall–Kier alpha value is -1.79. The van der Waals surface area contributed by atoms with Crippen molar-refractivity contribution >= 4 is 36.2 Å². The van der Waals surface area contributed by atoms with Gasteiger partial charge in [0.15, 0.2) is 0 Å². The van der Waals surface area contributed by atoms with Gasteiger partial charge in [-0.3, -0.25) is 0 Å². The molecule has 0 unspecified atom stereocenters. The van der Waals surface area contributed by atoms with Crippen molar-refractivity contribution in [3.8, 4) is 0 Å². The van der Waals surface area contributed by atoms with E-state index in [1.54, 1.807) is 12.3 Å². The third kappa shape index (κ3) is 3.33. The van der Waals surface area contributed by atoms with Crippen LogP contribution in [0.5, 0.6) is 0 Å². The van der Waals surface area contributed by atoms with E-state index < -0.39 is 0 Å². The molecule has 2 aromatic rings. The molecule has 17 heavy (non-hydrogen) atoms. The molecular weight excluding hydrogens is 263 g/mol. The molecule has 90 valence electrons. The standard InChI is InChI=1S/C9H9ClN6.ClH/c10-8-4-2-1-3-7(8)5-12-14-9-15-13-6-16(9)11;/h1-6H,11H2,(H,14,15);1H. The Morgan fingerprint density at radius 1 is 1.41 bits per heavy atom. The summed E-state index contributed by atoms with van der Waals surface area (Å²) in [6.07, 6.45) is 2.95. The highest BCUT2D eigenvalue weighted by Crippen LogP contribution is 2.12. The quantitative estimate of drug-likeness (QED) is 0.504. The predicted octanol–water partition coefficient (Wildman–Crippen LogP) is 1.51. The Morgan fingerprint density at radius 3 is 2.82 bits per heavy atom. The fraction of sp³-hybridized carbons (Fsp3) is 0. The van der Waals surface area contributed by atoms with Crippen LogP contribution in [0, 0.1) is 0 Å². The summed E-state index contributed by atoms with van der Waals surface area (Å²) in [7, 11) is 0. The summed E-state index contributed by atoms with van der Waals surface area (Å²) in [6.45, 7) is 0. The molecule has 0 aliphatic heterocycles. The second-order valence-electron chi connectivity index (χ2n) is 2.95. The van der Waals surface area contributed by atoms with Crippen LogP contribution in [0.25, 0.3) is 0 Å². The molecule has 0 amide bonds. The number of nitrogens with zero attached hydrogens (tertiary/aromatic N) is 4. The van der Waals surface area contributed by atoms with E-state index in [0.29, 0.717) is 11.0 Å². The maximum absolute atomic E-state index is 5.94. The summed E-state index contributed by atoms with van der Waals surface area (Å²) in [6, 6.07) is 7.36. The lowest BCUT2D eigenvalue weighted by molar-refractivity contribution is 0.988. The Kier molecular flexibility index (Phi) is 4.74. The number of hydrogen-bond acceptors (Lipinski definition) is 5. The molecule has 0 spiro atoms. The molecule has 1 aromatic heterocycles. The molecule has 0 aliphatic rings. The largest absolute Gasteiger partial charge is 0.335 e. The number of aromatic nitrogens is 3. The van der Waals surface area contributed by atoms with Gasteiger partial charge in [-0.05, 0) is 6.07 Å². The van der Waals surface area contributed by atoms with Crippen LogP contribution in [0.2, 0.25) is 5.02 Å². The van der Waals surface area contributed by atoms with E-state index in [4.69, 9.17) is 17.4 Å². The third-order valence-electron chi connectivity index (χ3n) is 1.85. The van der Waals surface area contributed by atoms with Crippen molar-refractivity contribution in [1.29, 1.82) is 0 Å². The minimum Gasteiger partial charge on any atom is -0.335 e. The van der Waals surface area contributed by atoms with E-state index in [2.05, 4.69) is 20.7 Å². The zero-order valence-electron chi connectivity index (χ0n) is 8.62. The molecule has 0 aliphatic carbocycles. The molecule has 0 saturated carbocycles. The second-order valence-corrected chi connectivity index (χ2v) is 3.36. The first-order valence-electron chi connectivity index (χ1n) is 4.46. The van der Waals surface area contributed by atoms with Gasteiger partial charge in [0.1, 0.15) is 6.33 Å². The van der Waals surface area contributed by atoms with Gasteiger partial charge >= 0.3 is 0 Å². The number of nitrogens with two attached hydrogens (primary N) is 1. The monoisotopic (exact) mass is 272 g/mol. The van der Waals surface area contributed by atoms with Gasteiger partial charge in [-0.2, -0.15) is 5.10 Å². The highest BCUT2D eigenvalue weighted by atomic mass is 35.5. The minimum atomic E-state index is 0. The van der Waals surface area contributed by atoms with Crippen molar-refractivity contribution in [1.82, 2.24) is 14.9 Å². The van der Waals surface area contributed by atoms with E-state index in [1.807, 2.05) is 18.2 Å². The number of hydrogen-bond donors (Lipinski definition) is 2. The third-order valence-corrected chi connectivity index (χ3v) is 2.19. The zero-order valence-corrected chi connectivity index (χ0v) is 10.2.